The maximum atomic E-state index is 11.9. The molecule has 0 aliphatic carbocycles. The van der Waals surface area contributed by atoms with E-state index >= 15 is 0 Å². The van der Waals surface area contributed by atoms with Gasteiger partial charge in [0, 0.05) is 11.3 Å². The van der Waals surface area contributed by atoms with Crippen LogP contribution in [-0.4, -0.2) is 52.7 Å². The van der Waals surface area contributed by atoms with Gasteiger partial charge in [0.1, 0.15) is 11.8 Å². The van der Waals surface area contributed by atoms with Gasteiger partial charge in [-0.2, -0.15) is 0 Å². The lowest BCUT2D eigenvalue weighted by Gasteiger charge is -2.14. The third-order valence-corrected chi connectivity index (χ3v) is 3.49. The largest absolute Gasteiger partial charge is 0.497 e. The maximum Gasteiger partial charge on any atom is 0.327 e. The summed E-state index contributed by atoms with van der Waals surface area (Å²) >= 11 is 0.926. The van der Waals surface area contributed by atoms with Crippen LogP contribution in [0.15, 0.2) is 24.3 Å². The van der Waals surface area contributed by atoms with E-state index in [2.05, 4.69) is 5.32 Å². The Balaban J connectivity index is 2.62. The summed E-state index contributed by atoms with van der Waals surface area (Å²) in [7, 11) is 1.50. The summed E-state index contributed by atoms with van der Waals surface area (Å²) in [5.41, 5.74) is 0.297. The van der Waals surface area contributed by atoms with Crippen LogP contribution in [0.25, 0.3) is 0 Å². The number of carboxylic acids is 2. The van der Waals surface area contributed by atoms with Gasteiger partial charge >= 0.3 is 11.9 Å². The normalized spacial score (nSPS) is 11.5. The van der Waals surface area contributed by atoms with E-state index in [1.165, 1.54) is 19.2 Å². The van der Waals surface area contributed by atoms with E-state index in [4.69, 9.17) is 14.9 Å². The molecule has 1 aromatic carbocycles. The van der Waals surface area contributed by atoms with E-state index in [1.807, 2.05) is 0 Å². The highest BCUT2D eigenvalue weighted by Gasteiger charge is 2.21. The van der Waals surface area contributed by atoms with Crippen molar-refractivity contribution in [3.8, 4) is 5.75 Å². The number of carbonyl (C=O) groups excluding carboxylic acids is 1. The van der Waals surface area contributed by atoms with Gasteiger partial charge in [-0.25, -0.2) is 4.79 Å². The molecule has 114 valence electrons. The number of carboxylic acid groups (broad SMARTS) is 2. The van der Waals surface area contributed by atoms with Crippen LogP contribution in [0.5, 0.6) is 5.75 Å². The summed E-state index contributed by atoms with van der Waals surface area (Å²) in [5, 5.41) is 19.9. The van der Waals surface area contributed by atoms with Crippen LogP contribution >= 0.6 is 11.8 Å². The molecule has 0 heterocycles. The predicted octanol–water partition coefficient (Wildman–Crippen LogP) is 0.696. The third-order valence-electron chi connectivity index (χ3n) is 2.47. The lowest BCUT2D eigenvalue weighted by atomic mass is 10.2. The molecule has 1 aromatic rings. The van der Waals surface area contributed by atoms with Gasteiger partial charge in [-0.3, -0.25) is 9.59 Å². The summed E-state index contributed by atoms with van der Waals surface area (Å²) in [4.78, 5) is 33.3. The Hall–Kier alpha value is -2.22. The lowest BCUT2D eigenvalue weighted by Crippen LogP contribution is -2.42. The Morgan fingerprint density at radius 2 is 1.86 bits per heavy atom. The summed E-state index contributed by atoms with van der Waals surface area (Å²) in [6.45, 7) is 0. The fourth-order valence-electron chi connectivity index (χ4n) is 1.42. The molecule has 0 saturated carbocycles. The number of amides is 1. The molecule has 1 rings (SSSR count). The summed E-state index contributed by atoms with van der Waals surface area (Å²) < 4.78 is 4.96. The molecule has 7 nitrogen and oxygen atoms in total. The van der Waals surface area contributed by atoms with Gasteiger partial charge in [0.15, 0.2) is 0 Å². The molecule has 0 fully saturated rings. The molecule has 0 unspecified atom stereocenters. The number of hydrogen-bond acceptors (Lipinski definition) is 5. The zero-order valence-electron chi connectivity index (χ0n) is 11.2. The maximum absolute atomic E-state index is 11.9. The fourth-order valence-corrected chi connectivity index (χ4v) is 2.18. The molecule has 1 amide bonds. The average molecular weight is 313 g/mol. The molecule has 0 aliphatic rings. The van der Waals surface area contributed by atoms with Crippen molar-refractivity contribution in [2.45, 2.75) is 6.04 Å². The van der Waals surface area contributed by atoms with Crippen molar-refractivity contribution in [3.63, 3.8) is 0 Å². The van der Waals surface area contributed by atoms with Crippen LogP contribution in [0, 0.1) is 0 Å². The van der Waals surface area contributed by atoms with Gasteiger partial charge in [0.25, 0.3) is 5.91 Å². The minimum atomic E-state index is -1.21. The Bertz CT molecular complexity index is 516. The molecular weight excluding hydrogens is 298 g/mol. The molecule has 3 N–H and O–H groups in total. The minimum absolute atomic E-state index is 0.0243. The van der Waals surface area contributed by atoms with Crippen LogP contribution in [0.1, 0.15) is 10.4 Å². The highest BCUT2D eigenvalue weighted by atomic mass is 32.2. The predicted molar refractivity (Wildman–Crippen MR) is 76.8 cm³/mol. The first-order valence-corrected chi connectivity index (χ1v) is 7.06. The molecule has 1 atom stereocenters. The second kappa shape index (κ2) is 8.15. The van der Waals surface area contributed by atoms with E-state index in [9.17, 15) is 14.4 Å². The number of nitrogens with one attached hydrogen (secondary N) is 1. The second-order valence-electron chi connectivity index (χ2n) is 4.00. The van der Waals surface area contributed by atoms with Gasteiger partial charge in [0.05, 0.1) is 12.9 Å². The summed E-state index contributed by atoms with van der Waals surface area (Å²) in [6, 6.07) is 5.05. The van der Waals surface area contributed by atoms with E-state index in [-0.39, 0.29) is 11.5 Å². The van der Waals surface area contributed by atoms with Crippen LogP contribution < -0.4 is 10.1 Å². The number of hydrogen-bond donors (Lipinski definition) is 3. The van der Waals surface area contributed by atoms with Crippen molar-refractivity contribution in [1.82, 2.24) is 5.32 Å². The topological polar surface area (TPSA) is 113 Å². The van der Waals surface area contributed by atoms with Gasteiger partial charge < -0.3 is 20.3 Å². The van der Waals surface area contributed by atoms with Gasteiger partial charge in [-0.05, 0) is 24.3 Å². The van der Waals surface area contributed by atoms with Crippen LogP contribution in [0.2, 0.25) is 0 Å². The number of ether oxygens (including phenoxy) is 1. The third kappa shape index (κ3) is 5.74. The smallest absolute Gasteiger partial charge is 0.327 e. The van der Waals surface area contributed by atoms with Crippen molar-refractivity contribution in [2.75, 3.05) is 18.6 Å². The molecule has 0 saturated heterocycles. The van der Waals surface area contributed by atoms with Gasteiger partial charge in [-0.15, -0.1) is 11.8 Å². The molecular formula is C13H15NO6S. The molecule has 0 aliphatic heterocycles. The minimum Gasteiger partial charge on any atom is -0.497 e. The van der Waals surface area contributed by atoms with Crippen molar-refractivity contribution in [2.24, 2.45) is 0 Å². The van der Waals surface area contributed by atoms with Crippen molar-refractivity contribution in [1.29, 1.82) is 0 Å². The van der Waals surface area contributed by atoms with E-state index < -0.39 is 23.9 Å². The highest BCUT2D eigenvalue weighted by molar-refractivity contribution is 8.00. The highest BCUT2D eigenvalue weighted by Crippen LogP contribution is 2.11. The number of benzene rings is 1. The van der Waals surface area contributed by atoms with Crippen LogP contribution in [-0.2, 0) is 9.59 Å². The first-order chi connectivity index (χ1) is 9.93. The standard InChI is InChI=1S/C13H15NO6S/c1-20-9-4-2-8(3-5-9)12(17)14-10(13(18)19)6-21-7-11(15)16/h2-5,10H,6-7H2,1H3,(H,14,17)(H,15,16)(H,18,19)/t10-/m0/s1. The molecule has 0 aromatic heterocycles. The van der Waals surface area contributed by atoms with Crippen molar-refractivity contribution < 1.29 is 29.3 Å². The summed E-state index contributed by atoms with van der Waals surface area (Å²) in [5.74, 6) is -2.45. The zero-order chi connectivity index (χ0) is 15.8. The Morgan fingerprint density at radius 3 is 2.33 bits per heavy atom. The van der Waals surface area contributed by atoms with E-state index in [0.717, 1.165) is 11.8 Å². The fraction of sp³-hybridized carbons (Fsp3) is 0.308. The Labute approximate surface area is 125 Å². The molecule has 0 radical (unpaired) electrons. The van der Waals surface area contributed by atoms with Crippen molar-refractivity contribution in [3.05, 3.63) is 29.8 Å². The quantitative estimate of drug-likeness (QED) is 0.647. The molecule has 21 heavy (non-hydrogen) atoms. The van der Waals surface area contributed by atoms with Crippen molar-refractivity contribution >= 4 is 29.6 Å². The van der Waals surface area contributed by atoms with Crippen LogP contribution in [0.3, 0.4) is 0 Å². The average Bonchev–Trinajstić information content (AvgIpc) is 2.45. The Morgan fingerprint density at radius 1 is 1.24 bits per heavy atom. The molecule has 8 heteroatoms. The monoisotopic (exact) mass is 313 g/mol. The van der Waals surface area contributed by atoms with E-state index in [1.54, 1.807) is 12.1 Å². The van der Waals surface area contributed by atoms with E-state index in [0.29, 0.717) is 11.3 Å². The second-order valence-corrected chi connectivity index (χ2v) is 5.03. The number of thioether (sulfide) groups is 1. The number of carbonyl (C=O) groups is 3. The van der Waals surface area contributed by atoms with Crippen LogP contribution in [0.4, 0.5) is 0 Å². The zero-order valence-corrected chi connectivity index (χ0v) is 12.1. The first kappa shape index (κ1) is 16.8. The SMILES string of the molecule is COc1ccc(C(=O)N[C@@H](CSCC(=O)O)C(=O)O)cc1. The number of rotatable bonds is 8. The Kier molecular flexibility index (Phi) is 6.54. The number of methoxy groups -OCH3 is 1. The molecule has 0 bridgehead atoms. The van der Waals surface area contributed by atoms with Gasteiger partial charge in [-0.1, -0.05) is 0 Å². The number of aliphatic carboxylic acids is 2. The van der Waals surface area contributed by atoms with Gasteiger partial charge in [0.2, 0.25) is 0 Å². The first-order valence-electron chi connectivity index (χ1n) is 5.91. The summed E-state index contributed by atoms with van der Waals surface area (Å²) in [6.07, 6.45) is 0. The lowest BCUT2D eigenvalue weighted by molar-refractivity contribution is -0.138. The molecule has 0 spiro atoms.